The molecule has 0 N–H and O–H groups in total. The molecular formula is C24H18N2O. The van der Waals surface area contributed by atoms with Gasteiger partial charge in [0.2, 0.25) is 0 Å². The Morgan fingerprint density at radius 3 is 2.33 bits per heavy atom. The minimum absolute atomic E-state index is 0.149. The first-order valence-electron chi connectivity index (χ1n) is 9.16. The zero-order valence-corrected chi connectivity index (χ0v) is 14.8. The summed E-state index contributed by atoms with van der Waals surface area (Å²) in [4.78, 5) is 16.8. The van der Waals surface area contributed by atoms with Gasteiger partial charge in [-0.3, -0.25) is 4.79 Å². The minimum atomic E-state index is -0.149. The molecule has 3 heteroatoms. The Labute approximate surface area is 157 Å². The molecule has 0 spiro atoms. The molecule has 27 heavy (non-hydrogen) atoms. The van der Waals surface area contributed by atoms with E-state index in [2.05, 4.69) is 64.2 Å². The van der Waals surface area contributed by atoms with Gasteiger partial charge in [0.1, 0.15) is 5.82 Å². The summed E-state index contributed by atoms with van der Waals surface area (Å²) >= 11 is 0. The quantitative estimate of drug-likeness (QED) is 0.509. The second kappa shape index (κ2) is 6.36. The van der Waals surface area contributed by atoms with Gasteiger partial charge in [-0.2, -0.15) is 4.98 Å². The molecule has 0 bridgehead atoms. The molecule has 3 nitrogen and oxygen atoms in total. The van der Waals surface area contributed by atoms with Gasteiger partial charge in [0, 0.05) is 6.54 Å². The standard InChI is InChI=1S/C24H18N2O/c27-24-21-8-4-5-9-22(21)26-15-14-20(23(26)25-24)16-17-10-12-19(13-11-17)18-6-2-1-3-7-18/h1-13,16H,14-15H2/b20-16+. The lowest BCUT2D eigenvalue weighted by Gasteiger charge is -2.07. The number of benzene rings is 3. The molecule has 0 radical (unpaired) electrons. The molecule has 0 fully saturated rings. The van der Waals surface area contributed by atoms with Crippen molar-refractivity contribution < 1.29 is 0 Å². The minimum Gasteiger partial charge on any atom is -0.325 e. The topological polar surface area (TPSA) is 34.9 Å². The molecule has 3 aromatic carbocycles. The van der Waals surface area contributed by atoms with E-state index in [4.69, 9.17) is 0 Å². The van der Waals surface area contributed by atoms with Gasteiger partial charge in [0.25, 0.3) is 5.56 Å². The molecule has 5 rings (SSSR count). The van der Waals surface area contributed by atoms with Crippen LogP contribution in [0.15, 0.2) is 83.7 Å². The number of aromatic nitrogens is 2. The molecule has 4 aromatic rings. The Balaban J connectivity index is 1.54. The van der Waals surface area contributed by atoms with E-state index in [-0.39, 0.29) is 5.56 Å². The number of nitrogens with zero attached hydrogens (tertiary/aromatic N) is 2. The lowest BCUT2D eigenvalue weighted by Crippen LogP contribution is -2.14. The number of hydrogen-bond acceptors (Lipinski definition) is 2. The van der Waals surface area contributed by atoms with E-state index in [1.165, 1.54) is 11.1 Å². The maximum Gasteiger partial charge on any atom is 0.281 e. The number of rotatable bonds is 2. The summed E-state index contributed by atoms with van der Waals surface area (Å²) in [6.45, 7) is 0.858. The highest BCUT2D eigenvalue weighted by molar-refractivity contribution is 5.86. The van der Waals surface area contributed by atoms with Crippen molar-refractivity contribution in [1.82, 2.24) is 9.55 Å². The Kier molecular flexibility index (Phi) is 3.72. The van der Waals surface area contributed by atoms with E-state index in [1.807, 2.05) is 30.3 Å². The van der Waals surface area contributed by atoms with Crippen LogP contribution in [0.3, 0.4) is 0 Å². The third-order valence-electron chi connectivity index (χ3n) is 5.14. The Morgan fingerprint density at radius 1 is 0.815 bits per heavy atom. The second-order valence-corrected chi connectivity index (χ2v) is 6.82. The van der Waals surface area contributed by atoms with Crippen LogP contribution in [0.2, 0.25) is 0 Å². The van der Waals surface area contributed by atoms with Crippen molar-refractivity contribution in [2.24, 2.45) is 0 Å². The Bertz CT molecular complexity index is 1220. The highest BCUT2D eigenvalue weighted by Crippen LogP contribution is 2.30. The number of allylic oxidation sites excluding steroid dienone is 1. The number of aryl methyl sites for hydroxylation is 1. The van der Waals surface area contributed by atoms with Crippen molar-refractivity contribution >= 4 is 22.6 Å². The van der Waals surface area contributed by atoms with Crippen molar-refractivity contribution in [3.63, 3.8) is 0 Å². The number of hydrogen-bond donors (Lipinski definition) is 0. The van der Waals surface area contributed by atoms with Crippen LogP contribution in [0.4, 0.5) is 0 Å². The highest BCUT2D eigenvalue weighted by atomic mass is 16.1. The number of fused-ring (bicyclic) bond motifs is 3. The summed E-state index contributed by atoms with van der Waals surface area (Å²) in [5.74, 6) is 0.797. The summed E-state index contributed by atoms with van der Waals surface area (Å²) < 4.78 is 2.15. The average molecular weight is 350 g/mol. The fourth-order valence-corrected chi connectivity index (χ4v) is 3.78. The third kappa shape index (κ3) is 2.77. The fourth-order valence-electron chi connectivity index (χ4n) is 3.78. The number of para-hydroxylation sites is 1. The van der Waals surface area contributed by atoms with E-state index < -0.39 is 0 Å². The van der Waals surface area contributed by atoms with Crippen LogP contribution in [0.25, 0.3) is 33.7 Å². The van der Waals surface area contributed by atoms with Gasteiger partial charge in [-0.15, -0.1) is 0 Å². The SMILES string of the molecule is O=c1nc2n(c3ccccc13)CC/C2=C\c1ccc(-c2ccccc2)cc1. The largest absolute Gasteiger partial charge is 0.325 e. The Hall–Kier alpha value is -3.46. The molecule has 1 aromatic heterocycles. The monoisotopic (exact) mass is 350 g/mol. The van der Waals surface area contributed by atoms with Gasteiger partial charge in [-0.05, 0) is 46.9 Å². The maximum atomic E-state index is 12.4. The Morgan fingerprint density at radius 2 is 1.52 bits per heavy atom. The van der Waals surface area contributed by atoms with Gasteiger partial charge in [0.15, 0.2) is 0 Å². The van der Waals surface area contributed by atoms with Crippen LogP contribution in [0.5, 0.6) is 0 Å². The van der Waals surface area contributed by atoms with Crippen LogP contribution in [-0.2, 0) is 6.54 Å². The summed E-state index contributed by atoms with van der Waals surface area (Å²) in [7, 11) is 0. The zero-order chi connectivity index (χ0) is 18.2. The lowest BCUT2D eigenvalue weighted by molar-refractivity contribution is 0.772. The van der Waals surface area contributed by atoms with Gasteiger partial charge in [-0.1, -0.05) is 66.7 Å². The first-order valence-corrected chi connectivity index (χ1v) is 9.16. The lowest BCUT2D eigenvalue weighted by atomic mass is 10.0. The fraction of sp³-hybridized carbons (Fsp3) is 0.0833. The van der Waals surface area contributed by atoms with E-state index in [0.717, 1.165) is 35.4 Å². The summed E-state index contributed by atoms with van der Waals surface area (Å²) in [5, 5.41) is 0.690. The molecule has 0 atom stereocenters. The van der Waals surface area contributed by atoms with Crippen LogP contribution in [0.1, 0.15) is 17.8 Å². The van der Waals surface area contributed by atoms with Gasteiger partial charge >= 0.3 is 0 Å². The molecule has 130 valence electrons. The van der Waals surface area contributed by atoms with Crippen LogP contribution in [-0.4, -0.2) is 9.55 Å². The predicted octanol–water partition coefficient (Wildman–Crippen LogP) is 5.01. The van der Waals surface area contributed by atoms with Crippen molar-refractivity contribution in [2.45, 2.75) is 13.0 Å². The van der Waals surface area contributed by atoms with Gasteiger partial charge in [-0.25, -0.2) is 0 Å². The third-order valence-corrected chi connectivity index (χ3v) is 5.14. The molecule has 2 heterocycles. The predicted molar refractivity (Wildman–Crippen MR) is 110 cm³/mol. The summed E-state index contributed by atoms with van der Waals surface area (Å²) in [5.41, 5.74) is 5.47. The van der Waals surface area contributed by atoms with Crippen molar-refractivity contribution in [2.75, 3.05) is 0 Å². The van der Waals surface area contributed by atoms with E-state index >= 15 is 0 Å². The summed E-state index contributed by atoms with van der Waals surface area (Å²) in [6.07, 6.45) is 3.04. The highest BCUT2D eigenvalue weighted by Gasteiger charge is 2.20. The normalized spacial score (nSPS) is 14.6. The summed E-state index contributed by atoms with van der Waals surface area (Å²) in [6, 6.07) is 26.6. The molecule has 0 saturated heterocycles. The van der Waals surface area contributed by atoms with Crippen LogP contribution < -0.4 is 5.56 Å². The molecule has 1 aliphatic heterocycles. The second-order valence-electron chi connectivity index (χ2n) is 6.82. The van der Waals surface area contributed by atoms with E-state index in [1.54, 1.807) is 0 Å². The average Bonchev–Trinajstić information content (AvgIpc) is 3.12. The van der Waals surface area contributed by atoms with Crippen molar-refractivity contribution in [3.8, 4) is 11.1 Å². The van der Waals surface area contributed by atoms with Crippen molar-refractivity contribution in [1.29, 1.82) is 0 Å². The molecule has 0 unspecified atom stereocenters. The molecule has 1 aliphatic rings. The van der Waals surface area contributed by atoms with Crippen molar-refractivity contribution in [3.05, 3.63) is 101 Å². The maximum absolute atomic E-state index is 12.4. The van der Waals surface area contributed by atoms with Crippen LogP contribution in [0, 0.1) is 0 Å². The van der Waals surface area contributed by atoms with Crippen LogP contribution >= 0.6 is 0 Å². The first kappa shape index (κ1) is 15.8. The molecular weight excluding hydrogens is 332 g/mol. The molecule has 0 saturated carbocycles. The smallest absolute Gasteiger partial charge is 0.281 e. The van der Waals surface area contributed by atoms with Gasteiger partial charge < -0.3 is 4.57 Å². The zero-order valence-electron chi connectivity index (χ0n) is 14.8. The van der Waals surface area contributed by atoms with E-state index in [9.17, 15) is 4.79 Å². The molecule has 0 amide bonds. The van der Waals surface area contributed by atoms with E-state index in [0.29, 0.717) is 5.39 Å². The van der Waals surface area contributed by atoms with Gasteiger partial charge in [0.05, 0.1) is 10.9 Å². The first-order chi connectivity index (χ1) is 13.3. The molecule has 0 aliphatic carbocycles.